The van der Waals surface area contributed by atoms with Crippen LogP contribution in [0.1, 0.15) is 64.6 Å². The van der Waals surface area contributed by atoms with Gasteiger partial charge in [-0.25, -0.2) is 0 Å². The predicted molar refractivity (Wildman–Crippen MR) is 75.8 cm³/mol. The van der Waals surface area contributed by atoms with E-state index >= 15 is 0 Å². The standard InChI is InChI=1S/C15H24N2O4/c1-4-20-15(7-5-6-8-15)13-16-11(21-17-13)9-14(2,3)10-12(18)19/h4-10H2,1-3H3,(H,18,19). The van der Waals surface area contributed by atoms with Crippen LogP contribution in [0.25, 0.3) is 0 Å². The van der Waals surface area contributed by atoms with E-state index in [0.717, 1.165) is 25.7 Å². The van der Waals surface area contributed by atoms with E-state index < -0.39 is 17.0 Å². The van der Waals surface area contributed by atoms with Gasteiger partial charge in [-0.15, -0.1) is 0 Å². The van der Waals surface area contributed by atoms with E-state index in [-0.39, 0.29) is 6.42 Å². The second-order valence-electron chi connectivity index (χ2n) is 6.56. The maximum atomic E-state index is 10.9. The van der Waals surface area contributed by atoms with Gasteiger partial charge in [0.1, 0.15) is 5.60 Å². The lowest BCUT2D eigenvalue weighted by Crippen LogP contribution is -2.28. The van der Waals surface area contributed by atoms with Crippen LogP contribution >= 0.6 is 0 Å². The van der Waals surface area contributed by atoms with E-state index in [9.17, 15) is 4.79 Å². The fraction of sp³-hybridized carbons (Fsp3) is 0.800. The third-order valence-electron chi connectivity index (χ3n) is 3.97. The van der Waals surface area contributed by atoms with Gasteiger partial charge < -0.3 is 14.4 Å². The summed E-state index contributed by atoms with van der Waals surface area (Å²) in [5.74, 6) is 0.284. The molecule has 0 saturated heterocycles. The van der Waals surface area contributed by atoms with Crippen molar-refractivity contribution in [2.24, 2.45) is 5.41 Å². The van der Waals surface area contributed by atoms with Gasteiger partial charge in [-0.2, -0.15) is 4.98 Å². The molecule has 21 heavy (non-hydrogen) atoms. The molecule has 0 bridgehead atoms. The summed E-state index contributed by atoms with van der Waals surface area (Å²) in [6.07, 6.45) is 4.56. The Morgan fingerprint density at radius 1 is 1.43 bits per heavy atom. The molecule has 6 heteroatoms. The lowest BCUT2D eigenvalue weighted by Gasteiger charge is -2.24. The molecule has 0 aromatic carbocycles. The number of aliphatic carboxylic acids is 1. The number of aromatic nitrogens is 2. The third-order valence-corrected chi connectivity index (χ3v) is 3.97. The first-order valence-corrected chi connectivity index (χ1v) is 7.56. The molecular weight excluding hydrogens is 272 g/mol. The minimum absolute atomic E-state index is 0.0708. The molecular formula is C15H24N2O4. The van der Waals surface area contributed by atoms with Gasteiger partial charge in [-0.3, -0.25) is 4.79 Å². The van der Waals surface area contributed by atoms with Crippen LogP contribution < -0.4 is 0 Å². The second-order valence-corrected chi connectivity index (χ2v) is 6.56. The van der Waals surface area contributed by atoms with Crippen molar-refractivity contribution in [2.45, 2.75) is 64.9 Å². The molecule has 6 nitrogen and oxygen atoms in total. The molecule has 1 aliphatic carbocycles. The molecule has 1 N–H and O–H groups in total. The summed E-state index contributed by atoms with van der Waals surface area (Å²) >= 11 is 0. The number of carboxylic acid groups (broad SMARTS) is 1. The van der Waals surface area contributed by atoms with Crippen molar-refractivity contribution in [1.82, 2.24) is 10.1 Å². The summed E-state index contributed by atoms with van der Waals surface area (Å²) in [5.41, 5.74) is -0.822. The first-order valence-electron chi connectivity index (χ1n) is 7.56. The van der Waals surface area contributed by atoms with Crippen molar-refractivity contribution in [2.75, 3.05) is 6.61 Å². The Hall–Kier alpha value is -1.43. The normalized spacial score (nSPS) is 18.0. The van der Waals surface area contributed by atoms with Crippen molar-refractivity contribution >= 4 is 5.97 Å². The van der Waals surface area contributed by atoms with Crippen LogP contribution in [-0.2, 0) is 21.6 Å². The minimum Gasteiger partial charge on any atom is -0.481 e. The Balaban J connectivity index is 2.12. The fourth-order valence-corrected chi connectivity index (χ4v) is 3.05. The minimum atomic E-state index is -0.818. The smallest absolute Gasteiger partial charge is 0.303 e. The van der Waals surface area contributed by atoms with Crippen LogP contribution in [0.15, 0.2) is 4.52 Å². The zero-order valence-corrected chi connectivity index (χ0v) is 13.0. The van der Waals surface area contributed by atoms with Crippen molar-refractivity contribution in [3.05, 3.63) is 11.7 Å². The first-order chi connectivity index (χ1) is 9.87. The van der Waals surface area contributed by atoms with Crippen LogP contribution in [-0.4, -0.2) is 27.8 Å². The number of ether oxygens (including phenoxy) is 1. The maximum Gasteiger partial charge on any atom is 0.303 e. The van der Waals surface area contributed by atoms with Crippen LogP contribution in [0.5, 0.6) is 0 Å². The molecule has 1 aromatic rings. The molecule has 1 aliphatic rings. The molecule has 1 saturated carbocycles. The molecule has 1 aromatic heterocycles. The van der Waals surface area contributed by atoms with E-state index in [1.165, 1.54) is 0 Å². The molecule has 1 fully saturated rings. The van der Waals surface area contributed by atoms with E-state index in [4.69, 9.17) is 14.4 Å². The average molecular weight is 296 g/mol. The Labute approximate surface area is 124 Å². The summed E-state index contributed by atoms with van der Waals surface area (Å²) in [4.78, 5) is 15.3. The lowest BCUT2D eigenvalue weighted by molar-refractivity contribution is -0.139. The van der Waals surface area contributed by atoms with Crippen LogP contribution in [0, 0.1) is 5.41 Å². The Morgan fingerprint density at radius 2 is 2.10 bits per heavy atom. The van der Waals surface area contributed by atoms with Crippen molar-refractivity contribution in [1.29, 1.82) is 0 Å². The first kappa shape index (κ1) is 15.9. The summed E-state index contributed by atoms with van der Waals surface area (Å²) in [7, 11) is 0. The van der Waals surface area contributed by atoms with Gasteiger partial charge in [0.25, 0.3) is 0 Å². The van der Waals surface area contributed by atoms with Crippen molar-refractivity contribution in [3.63, 3.8) is 0 Å². The topological polar surface area (TPSA) is 85.5 Å². The Morgan fingerprint density at radius 3 is 2.67 bits per heavy atom. The summed E-state index contributed by atoms with van der Waals surface area (Å²) in [6.45, 7) is 6.36. The highest BCUT2D eigenvalue weighted by molar-refractivity contribution is 5.67. The van der Waals surface area contributed by atoms with E-state index in [2.05, 4.69) is 10.1 Å². The Bertz CT molecular complexity index is 490. The quantitative estimate of drug-likeness (QED) is 0.832. The average Bonchev–Trinajstić information content (AvgIpc) is 2.97. The van der Waals surface area contributed by atoms with E-state index in [0.29, 0.717) is 24.7 Å². The molecule has 0 aliphatic heterocycles. The van der Waals surface area contributed by atoms with Crippen molar-refractivity contribution < 1.29 is 19.2 Å². The molecule has 0 spiro atoms. The summed E-state index contributed by atoms with van der Waals surface area (Å²) < 4.78 is 11.2. The molecule has 0 radical (unpaired) electrons. The van der Waals surface area contributed by atoms with Crippen molar-refractivity contribution in [3.8, 4) is 0 Å². The number of carboxylic acids is 1. The maximum absolute atomic E-state index is 10.9. The zero-order chi connectivity index (χ0) is 15.5. The summed E-state index contributed by atoms with van der Waals surface area (Å²) in [6, 6.07) is 0. The van der Waals surface area contributed by atoms with Gasteiger partial charge in [-0.05, 0) is 38.0 Å². The van der Waals surface area contributed by atoms with Gasteiger partial charge in [0.2, 0.25) is 11.7 Å². The molecule has 0 atom stereocenters. The zero-order valence-electron chi connectivity index (χ0n) is 13.0. The number of rotatable bonds is 7. The summed E-state index contributed by atoms with van der Waals surface area (Å²) in [5, 5.41) is 13.0. The molecule has 0 unspecified atom stereocenters. The fourth-order valence-electron chi connectivity index (χ4n) is 3.05. The van der Waals surface area contributed by atoms with Crippen LogP contribution in [0.4, 0.5) is 0 Å². The monoisotopic (exact) mass is 296 g/mol. The van der Waals surface area contributed by atoms with Gasteiger partial charge >= 0.3 is 5.97 Å². The molecule has 118 valence electrons. The van der Waals surface area contributed by atoms with Gasteiger partial charge in [-0.1, -0.05) is 19.0 Å². The van der Waals surface area contributed by atoms with E-state index in [1.807, 2.05) is 20.8 Å². The van der Waals surface area contributed by atoms with Crippen LogP contribution in [0.2, 0.25) is 0 Å². The van der Waals surface area contributed by atoms with Crippen LogP contribution in [0.3, 0.4) is 0 Å². The van der Waals surface area contributed by atoms with Gasteiger partial charge in [0.05, 0.1) is 6.42 Å². The molecule has 0 amide bonds. The number of nitrogens with zero attached hydrogens (tertiary/aromatic N) is 2. The predicted octanol–water partition coefficient (Wildman–Crippen LogP) is 2.92. The lowest BCUT2D eigenvalue weighted by atomic mass is 9.86. The highest BCUT2D eigenvalue weighted by Gasteiger charge is 2.41. The highest BCUT2D eigenvalue weighted by atomic mass is 16.5. The number of hydrogen-bond acceptors (Lipinski definition) is 5. The largest absolute Gasteiger partial charge is 0.481 e. The number of carbonyl (C=O) groups is 1. The molecule has 1 heterocycles. The van der Waals surface area contributed by atoms with Gasteiger partial charge in [0, 0.05) is 13.0 Å². The third kappa shape index (κ3) is 3.81. The number of hydrogen-bond donors (Lipinski definition) is 1. The van der Waals surface area contributed by atoms with E-state index in [1.54, 1.807) is 0 Å². The SMILES string of the molecule is CCOC1(c2noc(CC(C)(C)CC(=O)O)n2)CCCC1. The second kappa shape index (κ2) is 6.13. The highest BCUT2D eigenvalue weighted by Crippen LogP contribution is 2.41. The van der Waals surface area contributed by atoms with Gasteiger partial charge in [0.15, 0.2) is 0 Å². The molecule has 2 rings (SSSR count). The Kier molecular flexibility index (Phi) is 4.66.